The maximum absolute atomic E-state index is 12.6. The number of nitrogens with one attached hydrogen (secondary N) is 2. The van der Waals surface area contributed by atoms with Gasteiger partial charge in [0.25, 0.3) is 0 Å². The maximum Gasteiger partial charge on any atom is 0.232 e. The third-order valence-corrected chi connectivity index (χ3v) is 4.75. The Balaban J connectivity index is 1.88. The van der Waals surface area contributed by atoms with Crippen LogP contribution in [0.15, 0.2) is 18.2 Å². The van der Waals surface area contributed by atoms with Crippen molar-refractivity contribution < 1.29 is 4.79 Å². The van der Waals surface area contributed by atoms with Crippen LogP contribution in [0.4, 0.5) is 11.4 Å². The summed E-state index contributed by atoms with van der Waals surface area (Å²) in [5, 5.41) is 6.61. The van der Waals surface area contributed by atoms with Gasteiger partial charge in [0.2, 0.25) is 5.91 Å². The van der Waals surface area contributed by atoms with Crippen LogP contribution in [-0.4, -0.2) is 12.5 Å². The van der Waals surface area contributed by atoms with Crippen LogP contribution < -0.4 is 10.6 Å². The first-order chi connectivity index (χ1) is 9.09. The number of rotatable bonds is 0. The Hall–Kier alpha value is -1.51. The molecule has 2 aliphatic rings. The van der Waals surface area contributed by atoms with Crippen LogP contribution in [0.25, 0.3) is 0 Å². The van der Waals surface area contributed by atoms with Crippen molar-refractivity contribution in [3.8, 4) is 0 Å². The lowest BCUT2D eigenvalue weighted by Gasteiger charge is -2.36. The predicted molar refractivity (Wildman–Crippen MR) is 78.4 cm³/mol. The molecular formula is C16H22N2O. The summed E-state index contributed by atoms with van der Waals surface area (Å²) in [4.78, 5) is 12.6. The number of benzene rings is 1. The predicted octanol–water partition coefficient (Wildman–Crippen LogP) is 3.56. The fraction of sp³-hybridized carbons (Fsp3) is 0.562. The van der Waals surface area contributed by atoms with Crippen molar-refractivity contribution in [2.75, 3.05) is 17.2 Å². The first kappa shape index (κ1) is 12.5. The van der Waals surface area contributed by atoms with E-state index in [0.29, 0.717) is 0 Å². The molecule has 3 heteroatoms. The molecule has 102 valence electrons. The molecule has 1 amide bonds. The molecule has 1 aromatic carbocycles. The molecule has 1 fully saturated rings. The SMILES string of the molecule is Cc1ccc2c(c1)NCC1(CCC(C)CC1)C(=O)N2. The van der Waals surface area contributed by atoms with Crippen LogP contribution >= 0.6 is 0 Å². The Morgan fingerprint density at radius 3 is 2.68 bits per heavy atom. The number of anilines is 2. The highest BCUT2D eigenvalue weighted by molar-refractivity contribution is 6.00. The standard InChI is InChI=1S/C16H22N2O/c1-11-5-7-16(8-6-11)10-17-14-9-12(2)3-4-13(14)18-15(16)19/h3-4,9,11,17H,5-8,10H2,1-2H3,(H,18,19). The average Bonchev–Trinajstić information content (AvgIpc) is 2.52. The van der Waals surface area contributed by atoms with Crippen LogP contribution in [-0.2, 0) is 4.79 Å². The zero-order valence-corrected chi connectivity index (χ0v) is 11.8. The maximum atomic E-state index is 12.6. The minimum atomic E-state index is -0.209. The number of hydrogen-bond acceptors (Lipinski definition) is 2. The molecule has 1 aromatic rings. The number of aryl methyl sites for hydroxylation is 1. The van der Waals surface area contributed by atoms with Gasteiger partial charge in [-0.3, -0.25) is 4.79 Å². The van der Waals surface area contributed by atoms with Gasteiger partial charge in [0.1, 0.15) is 0 Å². The molecule has 1 saturated carbocycles. The zero-order chi connectivity index (χ0) is 13.5. The van der Waals surface area contributed by atoms with Crippen molar-refractivity contribution in [3.05, 3.63) is 23.8 Å². The van der Waals surface area contributed by atoms with E-state index in [1.807, 2.05) is 12.1 Å². The van der Waals surface area contributed by atoms with Gasteiger partial charge >= 0.3 is 0 Å². The van der Waals surface area contributed by atoms with Crippen LogP contribution in [0.5, 0.6) is 0 Å². The second-order valence-corrected chi connectivity index (χ2v) is 6.32. The summed E-state index contributed by atoms with van der Waals surface area (Å²) in [7, 11) is 0. The molecule has 0 bridgehead atoms. The van der Waals surface area contributed by atoms with E-state index in [1.165, 1.54) is 5.56 Å². The molecule has 0 radical (unpaired) electrons. The van der Waals surface area contributed by atoms with Crippen molar-refractivity contribution in [1.82, 2.24) is 0 Å². The third-order valence-electron chi connectivity index (χ3n) is 4.75. The topological polar surface area (TPSA) is 41.1 Å². The lowest BCUT2D eigenvalue weighted by molar-refractivity contribution is -0.126. The Morgan fingerprint density at radius 1 is 1.21 bits per heavy atom. The van der Waals surface area contributed by atoms with E-state index in [0.717, 1.165) is 49.5 Å². The summed E-state index contributed by atoms with van der Waals surface area (Å²) in [5.41, 5.74) is 2.99. The average molecular weight is 258 g/mol. The smallest absolute Gasteiger partial charge is 0.232 e. The fourth-order valence-corrected chi connectivity index (χ4v) is 3.23. The van der Waals surface area contributed by atoms with Gasteiger partial charge in [0, 0.05) is 6.54 Å². The second-order valence-electron chi connectivity index (χ2n) is 6.32. The molecule has 0 unspecified atom stereocenters. The van der Waals surface area contributed by atoms with Crippen molar-refractivity contribution >= 4 is 17.3 Å². The van der Waals surface area contributed by atoms with E-state index in [2.05, 4.69) is 30.5 Å². The van der Waals surface area contributed by atoms with Crippen LogP contribution in [0.3, 0.4) is 0 Å². The van der Waals surface area contributed by atoms with Crippen molar-refractivity contribution in [2.45, 2.75) is 39.5 Å². The van der Waals surface area contributed by atoms with Gasteiger partial charge in [0.15, 0.2) is 0 Å². The minimum absolute atomic E-state index is 0.203. The molecule has 2 N–H and O–H groups in total. The van der Waals surface area contributed by atoms with Gasteiger partial charge in [-0.1, -0.05) is 13.0 Å². The molecule has 1 aliphatic heterocycles. The summed E-state index contributed by atoms with van der Waals surface area (Å²) < 4.78 is 0. The Labute approximate surface area is 114 Å². The van der Waals surface area contributed by atoms with Crippen molar-refractivity contribution in [3.63, 3.8) is 0 Å². The Morgan fingerprint density at radius 2 is 1.95 bits per heavy atom. The minimum Gasteiger partial charge on any atom is -0.382 e. The summed E-state index contributed by atoms with van der Waals surface area (Å²) >= 11 is 0. The molecule has 3 nitrogen and oxygen atoms in total. The second kappa shape index (κ2) is 4.55. The number of hydrogen-bond donors (Lipinski definition) is 2. The van der Waals surface area contributed by atoms with Crippen LogP contribution in [0.2, 0.25) is 0 Å². The monoisotopic (exact) mass is 258 g/mol. The summed E-state index contributed by atoms with van der Waals surface area (Å²) in [6, 6.07) is 6.15. The lowest BCUT2D eigenvalue weighted by Crippen LogP contribution is -2.42. The molecule has 0 atom stereocenters. The van der Waals surface area contributed by atoms with Crippen LogP contribution in [0.1, 0.15) is 38.2 Å². The fourth-order valence-electron chi connectivity index (χ4n) is 3.23. The van der Waals surface area contributed by atoms with E-state index in [9.17, 15) is 4.79 Å². The van der Waals surface area contributed by atoms with Crippen molar-refractivity contribution in [2.24, 2.45) is 11.3 Å². The normalized spacial score (nSPS) is 30.2. The number of fused-ring (bicyclic) bond motifs is 1. The van der Waals surface area contributed by atoms with Gasteiger partial charge in [-0.2, -0.15) is 0 Å². The number of carbonyl (C=O) groups excluding carboxylic acids is 1. The first-order valence-corrected chi connectivity index (χ1v) is 7.25. The Bertz CT molecular complexity index is 501. The highest BCUT2D eigenvalue weighted by atomic mass is 16.2. The largest absolute Gasteiger partial charge is 0.382 e. The molecule has 1 aliphatic carbocycles. The van der Waals surface area contributed by atoms with Crippen molar-refractivity contribution in [1.29, 1.82) is 0 Å². The third kappa shape index (κ3) is 2.22. The van der Waals surface area contributed by atoms with Crippen LogP contribution in [0, 0.1) is 18.3 Å². The molecule has 1 heterocycles. The molecule has 3 rings (SSSR count). The summed E-state index contributed by atoms with van der Waals surface area (Å²) in [6.45, 7) is 5.13. The van der Waals surface area contributed by atoms with Gasteiger partial charge < -0.3 is 10.6 Å². The molecule has 1 spiro atoms. The van der Waals surface area contributed by atoms with E-state index in [1.54, 1.807) is 0 Å². The number of amides is 1. The highest BCUT2D eigenvalue weighted by Gasteiger charge is 2.42. The first-order valence-electron chi connectivity index (χ1n) is 7.25. The van der Waals surface area contributed by atoms with Gasteiger partial charge in [-0.05, 0) is 56.2 Å². The quantitative estimate of drug-likeness (QED) is 0.747. The van der Waals surface area contributed by atoms with Gasteiger partial charge in [-0.25, -0.2) is 0 Å². The molecular weight excluding hydrogens is 236 g/mol. The van der Waals surface area contributed by atoms with Gasteiger partial charge in [0.05, 0.1) is 16.8 Å². The summed E-state index contributed by atoms with van der Waals surface area (Å²) in [5.74, 6) is 0.959. The molecule has 19 heavy (non-hydrogen) atoms. The zero-order valence-electron chi connectivity index (χ0n) is 11.8. The highest BCUT2D eigenvalue weighted by Crippen LogP contribution is 2.42. The lowest BCUT2D eigenvalue weighted by atomic mass is 9.70. The molecule has 0 saturated heterocycles. The molecule has 0 aromatic heterocycles. The number of carbonyl (C=O) groups is 1. The Kier molecular flexibility index (Phi) is 3.00. The van der Waals surface area contributed by atoms with E-state index in [-0.39, 0.29) is 11.3 Å². The van der Waals surface area contributed by atoms with E-state index >= 15 is 0 Å². The van der Waals surface area contributed by atoms with E-state index in [4.69, 9.17) is 0 Å². The van der Waals surface area contributed by atoms with E-state index < -0.39 is 0 Å². The van der Waals surface area contributed by atoms with Gasteiger partial charge in [-0.15, -0.1) is 0 Å². The summed E-state index contributed by atoms with van der Waals surface area (Å²) in [6.07, 6.45) is 4.31.